The van der Waals surface area contributed by atoms with Crippen molar-refractivity contribution in [2.24, 2.45) is 5.92 Å². The molecular weight excluding hydrogens is 332 g/mol. The van der Waals surface area contributed by atoms with Gasteiger partial charge in [-0.05, 0) is 37.1 Å². The maximum absolute atomic E-state index is 12.3. The molecule has 1 saturated carbocycles. The van der Waals surface area contributed by atoms with E-state index in [0.717, 1.165) is 18.5 Å². The average Bonchev–Trinajstić information content (AvgIpc) is 3.21. The van der Waals surface area contributed by atoms with Gasteiger partial charge in [-0.1, -0.05) is 16.7 Å². The molecule has 1 aromatic heterocycles. The van der Waals surface area contributed by atoms with Crippen molar-refractivity contribution >= 4 is 35.1 Å². The predicted octanol–water partition coefficient (Wildman–Crippen LogP) is 2.59. The number of halogens is 1. The molecule has 1 atom stereocenters. The minimum Gasteiger partial charge on any atom is -0.407 e. The van der Waals surface area contributed by atoms with Crippen LogP contribution in [0.3, 0.4) is 0 Å². The number of nitrogens with one attached hydrogen (secondary N) is 1. The van der Waals surface area contributed by atoms with Crippen LogP contribution in [0.25, 0.3) is 0 Å². The fourth-order valence-electron chi connectivity index (χ4n) is 2.75. The van der Waals surface area contributed by atoms with Gasteiger partial charge in [0.1, 0.15) is 0 Å². The van der Waals surface area contributed by atoms with Crippen molar-refractivity contribution < 1.29 is 14.0 Å². The topological polar surface area (TPSA) is 88.3 Å². The van der Waals surface area contributed by atoms with Gasteiger partial charge in [0.2, 0.25) is 17.7 Å². The van der Waals surface area contributed by atoms with E-state index in [1.54, 1.807) is 29.2 Å². The maximum Gasteiger partial charge on any atom is 0.322 e. The minimum atomic E-state index is -0.188. The van der Waals surface area contributed by atoms with Crippen molar-refractivity contribution in [2.75, 3.05) is 16.8 Å². The number of benzene rings is 1. The molecule has 1 aromatic carbocycles. The molecule has 7 nitrogen and oxygen atoms in total. The molecule has 8 heteroatoms. The van der Waals surface area contributed by atoms with Crippen molar-refractivity contribution in [3.05, 3.63) is 35.2 Å². The summed E-state index contributed by atoms with van der Waals surface area (Å²) in [4.78, 5) is 25.6. The van der Waals surface area contributed by atoms with Gasteiger partial charge in [-0.2, -0.15) is 0 Å². The molecule has 0 radical (unpaired) electrons. The zero-order chi connectivity index (χ0) is 16.7. The number of nitrogens with zero attached hydrogens (tertiary/aromatic N) is 3. The van der Waals surface area contributed by atoms with Crippen molar-refractivity contribution in [3.8, 4) is 0 Å². The second-order valence-corrected chi connectivity index (χ2v) is 6.53. The Morgan fingerprint density at radius 3 is 2.71 bits per heavy atom. The van der Waals surface area contributed by atoms with Gasteiger partial charge >= 0.3 is 6.01 Å². The number of rotatable bonds is 4. The Morgan fingerprint density at radius 1 is 1.25 bits per heavy atom. The fraction of sp³-hybridized carbons (Fsp3) is 0.375. The number of carbonyl (C=O) groups is 2. The molecular formula is C16H15ClN4O3. The molecule has 2 amide bonds. The lowest BCUT2D eigenvalue weighted by atomic mass is 10.1. The van der Waals surface area contributed by atoms with Gasteiger partial charge in [-0.25, -0.2) is 0 Å². The van der Waals surface area contributed by atoms with Crippen LogP contribution in [-0.4, -0.2) is 28.6 Å². The first kappa shape index (κ1) is 15.1. The fourth-order valence-corrected chi connectivity index (χ4v) is 2.87. The van der Waals surface area contributed by atoms with Crippen LogP contribution in [0.15, 0.2) is 28.7 Å². The molecule has 2 heterocycles. The molecule has 2 fully saturated rings. The quantitative estimate of drug-likeness (QED) is 0.919. The Bertz CT molecular complexity index is 785. The van der Waals surface area contributed by atoms with Crippen LogP contribution in [0, 0.1) is 5.92 Å². The van der Waals surface area contributed by atoms with E-state index in [2.05, 4.69) is 15.5 Å². The Kier molecular flexibility index (Phi) is 3.72. The summed E-state index contributed by atoms with van der Waals surface area (Å²) >= 11 is 5.88. The Hall–Kier alpha value is -2.41. The summed E-state index contributed by atoms with van der Waals surface area (Å²) in [6.45, 7) is 0.457. The van der Waals surface area contributed by atoms with Crippen LogP contribution in [0.5, 0.6) is 0 Å². The van der Waals surface area contributed by atoms with Crippen molar-refractivity contribution in [3.63, 3.8) is 0 Å². The molecule has 24 heavy (non-hydrogen) atoms. The first-order valence-electron chi connectivity index (χ1n) is 7.80. The average molecular weight is 347 g/mol. The van der Waals surface area contributed by atoms with Gasteiger partial charge in [0.25, 0.3) is 0 Å². The number of aromatic nitrogens is 2. The van der Waals surface area contributed by atoms with Gasteiger partial charge < -0.3 is 9.32 Å². The van der Waals surface area contributed by atoms with E-state index >= 15 is 0 Å². The van der Waals surface area contributed by atoms with Crippen LogP contribution < -0.4 is 10.2 Å². The molecule has 124 valence electrons. The largest absolute Gasteiger partial charge is 0.407 e. The van der Waals surface area contributed by atoms with Crippen LogP contribution in [0.1, 0.15) is 31.1 Å². The van der Waals surface area contributed by atoms with Gasteiger partial charge in [0.15, 0.2) is 0 Å². The number of hydrogen-bond acceptors (Lipinski definition) is 5. The van der Waals surface area contributed by atoms with Gasteiger partial charge in [0, 0.05) is 29.6 Å². The van der Waals surface area contributed by atoms with E-state index in [1.165, 1.54) is 0 Å². The Morgan fingerprint density at radius 2 is 2.00 bits per heavy atom. The summed E-state index contributed by atoms with van der Waals surface area (Å²) in [7, 11) is 0. The van der Waals surface area contributed by atoms with E-state index < -0.39 is 0 Å². The van der Waals surface area contributed by atoms with E-state index in [0.29, 0.717) is 23.9 Å². The van der Waals surface area contributed by atoms with Crippen molar-refractivity contribution in [2.45, 2.75) is 25.2 Å². The van der Waals surface area contributed by atoms with Crippen LogP contribution >= 0.6 is 11.6 Å². The van der Waals surface area contributed by atoms with Gasteiger partial charge in [-0.3, -0.25) is 14.9 Å². The van der Waals surface area contributed by atoms with Gasteiger partial charge in [0.05, 0.1) is 5.92 Å². The van der Waals surface area contributed by atoms with Gasteiger partial charge in [-0.15, -0.1) is 5.10 Å². The van der Waals surface area contributed by atoms with Crippen molar-refractivity contribution in [1.82, 2.24) is 10.2 Å². The molecule has 1 aliphatic heterocycles. The Balaban J connectivity index is 1.45. The normalized spacial score (nSPS) is 20.5. The smallest absolute Gasteiger partial charge is 0.322 e. The third kappa shape index (κ3) is 2.99. The summed E-state index contributed by atoms with van der Waals surface area (Å²) in [5, 5.41) is 11.1. The number of anilines is 2. The molecule has 4 rings (SSSR count). The standard InChI is InChI=1S/C16H15ClN4O3/c17-11-3-5-12(6-4-11)21-8-10(7-13(21)22)15-19-20-16(24-15)18-14(23)9-1-2-9/h3-6,9-10H,1-2,7-8H2,(H,18,20,23). The molecule has 1 aliphatic carbocycles. The summed E-state index contributed by atoms with van der Waals surface area (Å²) in [5.41, 5.74) is 0.786. The zero-order valence-electron chi connectivity index (χ0n) is 12.7. The highest BCUT2D eigenvalue weighted by Gasteiger charge is 2.35. The molecule has 1 unspecified atom stereocenters. The van der Waals surface area contributed by atoms with E-state index in [1.807, 2.05) is 0 Å². The molecule has 2 aromatic rings. The second kappa shape index (κ2) is 5.90. The minimum absolute atomic E-state index is 0.0101. The number of amides is 2. The van der Waals surface area contributed by atoms with E-state index in [-0.39, 0.29) is 29.7 Å². The lowest BCUT2D eigenvalue weighted by Gasteiger charge is -2.15. The lowest BCUT2D eigenvalue weighted by Crippen LogP contribution is -2.24. The monoisotopic (exact) mass is 346 g/mol. The summed E-state index contributed by atoms with van der Waals surface area (Å²) in [5.74, 6) is 0.145. The maximum atomic E-state index is 12.3. The summed E-state index contributed by atoms with van der Waals surface area (Å²) in [6, 6.07) is 7.19. The summed E-state index contributed by atoms with van der Waals surface area (Å²) in [6.07, 6.45) is 2.10. The van der Waals surface area contributed by atoms with Crippen LogP contribution in [0.2, 0.25) is 5.02 Å². The lowest BCUT2D eigenvalue weighted by molar-refractivity contribution is -0.118. The third-order valence-corrected chi connectivity index (χ3v) is 4.48. The first-order chi connectivity index (χ1) is 11.6. The SMILES string of the molecule is O=C(Nc1nnc(C2CC(=O)N(c3ccc(Cl)cc3)C2)o1)C1CC1. The van der Waals surface area contributed by atoms with Crippen molar-refractivity contribution in [1.29, 1.82) is 0 Å². The number of hydrogen-bond donors (Lipinski definition) is 1. The highest BCUT2D eigenvalue weighted by atomic mass is 35.5. The predicted molar refractivity (Wildman–Crippen MR) is 86.8 cm³/mol. The van der Waals surface area contributed by atoms with Crippen LogP contribution in [-0.2, 0) is 9.59 Å². The first-order valence-corrected chi connectivity index (χ1v) is 8.18. The summed E-state index contributed by atoms with van der Waals surface area (Å²) < 4.78 is 5.51. The molecule has 1 saturated heterocycles. The van der Waals surface area contributed by atoms with Crippen LogP contribution in [0.4, 0.5) is 11.7 Å². The number of carbonyl (C=O) groups excluding carboxylic acids is 2. The molecule has 0 bridgehead atoms. The zero-order valence-corrected chi connectivity index (χ0v) is 13.5. The third-order valence-electron chi connectivity index (χ3n) is 4.23. The Labute approximate surface area is 143 Å². The van der Waals surface area contributed by atoms with E-state index in [9.17, 15) is 9.59 Å². The molecule has 0 spiro atoms. The second-order valence-electron chi connectivity index (χ2n) is 6.09. The molecule has 1 N–H and O–H groups in total. The highest BCUT2D eigenvalue weighted by Crippen LogP contribution is 2.33. The molecule has 2 aliphatic rings. The van der Waals surface area contributed by atoms with E-state index in [4.69, 9.17) is 16.0 Å². The highest BCUT2D eigenvalue weighted by molar-refractivity contribution is 6.30.